The Kier molecular flexibility index (Phi) is 4.40. The predicted octanol–water partition coefficient (Wildman–Crippen LogP) is -0.109. The van der Waals surface area contributed by atoms with Gasteiger partial charge in [0.05, 0.1) is 0 Å². The number of pyridine rings is 1. The fraction of sp³-hybridized carbons (Fsp3) is 0.273. The van der Waals surface area contributed by atoms with E-state index < -0.39 is 0 Å². The van der Waals surface area contributed by atoms with E-state index in [0.717, 1.165) is 5.56 Å². The van der Waals surface area contributed by atoms with E-state index in [1.807, 2.05) is 6.07 Å². The minimum atomic E-state index is -0.00675. The van der Waals surface area contributed by atoms with Crippen LogP contribution in [0.5, 0.6) is 0 Å². The van der Waals surface area contributed by atoms with Crippen LogP contribution in [0.4, 0.5) is 0 Å². The number of rotatable bonds is 6. The highest BCUT2D eigenvalue weighted by Crippen LogP contribution is 2.01. The van der Waals surface area contributed by atoms with Crippen LogP contribution in [-0.2, 0) is 13.0 Å². The molecule has 0 aliphatic heterocycles. The molecule has 0 amide bonds. The first-order valence-electron chi connectivity index (χ1n) is 5.68. The van der Waals surface area contributed by atoms with Crippen LogP contribution in [0.15, 0.2) is 34.3 Å². The van der Waals surface area contributed by atoms with Gasteiger partial charge in [-0.1, -0.05) is 10.3 Å². The third-order valence-corrected chi connectivity index (χ3v) is 2.45. The molecular formula is C11H14N6O2. The van der Waals surface area contributed by atoms with E-state index >= 15 is 0 Å². The van der Waals surface area contributed by atoms with Gasteiger partial charge in [-0.3, -0.25) is 4.98 Å². The summed E-state index contributed by atoms with van der Waals surface area (Å²) in [5.41, 5.74) is 6.90. The normalized spacial score (nSPS) is 11.7. The number of oxime groups is 1. The Morgan fingerprint density at radius 3 is 3.11 bits per heavy atom. The lowest BCUT2D eigenvalue weighted by molar-refractivity contribution is 0.318. The number of nitrogens with zero attached hydrogens (tertiary/aromatic N) is 4. The van der Waals surface area contributed by atoms with Crippen molar-refractivity contribution in [2.24, 2.45) is 10.9 Å². The van der Waals surface area contributed by atoms with Crippen molar-refractivity contribution in [3.63, 3.8) is 0 Å². The second-order valence-corrected chi connectivity index (χ2v) is 3.80. The summed E-state index contributed by atoms with van der Waals surface area (Å²) in [6.45, 7) is 1.35. The number of amidine groups is 1. The van der Waals surface area contributed by atoms with Crippen molar-refractivity contribution >= 4 is 5.84 Å². The molecular weight excluding hydrogens is 248 g/mol. The number of nitrogens with two attached hydrogens (primary N) is 1. The van der Waals surface area contributed by atoms with Crippen LogP contribution < -0.4 is 11.1 Å². The van der Waals surface area contributed by atoms with Crippen molar-refractivity contribution in [3.05, 3.63) is 41.8 Å². The number of nitrogens with one attached hydrogen (secondary N) is 1. The van der Waals surface area contributed by atoms with E-state index in [-0.39, 0.29) is 5.84 Å². The van der Waals surface area contributed by atoms with E-state index in [9.17, 15) is 0 Å². The van der Waals surface area contributed by atoms with E-state index in [0.29, 0.717) is 31.1 Å². The molecule has 2 heterocycles. The zero-order valence-corrected chi connectivity index (χ0v) is 10.2. The quantitative estimate of drug-likeness (QED) is 0.218. The van der Waals surface area contributed by atoms with Crippen LogP contribution >= 0.6 is 0 Å². The minimum Gasteiger partial charge on any atom is -0.409 e. The van der Waals surface area contributed by atoms with Crippen molar-refractivity contribution < 1.29 is 9.73 Å². The van der Waals surface area contributed by atoms with Gasteiger partial charge in [-0.05, 0) is 17.7 Å². The molecule has 0 atom stereocenters. The predicted molar refractivity (Wildman–Crippen MR) is 66.5 cm³/mol. The van der Waals surface area contributed by atoms with Crippen molar-refractivity contribution in [2.45, 2.75) is 13.0 Å². The largest absolute Gasteiger partial charge is 0.409 e. The summed E-state index contributed by atoms with van der Waals surface area (Å²) < 4.78 is 4.88. The van der Waals surface area contributed by atoms with Crippen LogP contribution in [0, 0.1) is 0 Å². The van der Waals surface area contributed by atoms with Crippen LogP contribution in [-0.4, -0.2) is 32.7 Å². The minimum absolute atomic E-state index is 0.00675. The van der Waals surface area contributed by atoms with Gasteiger partial charge in [0.1, 0.15) is 5.69 Å². The molecule has 4 N–H and O–H groups in total. The zero-order valence-electron chi connectivity index (χ0n) is 10.2. The lowest BCUT2D eigenvalue weighted by Crippen LogP contribution is -2.19. The first kappa shape index (κ1) is 13.0. The van der Waals surface area contributed by atoms with Crippen LogP contribution in [0.1, 0.15) is 17.1 Å². The summed E-state index contributed by atoms with van der Waals surface area (Å²) in [6.07, 6.45) is 3.65. The van der Waals surface area contributed by atoms with Crippen LogP contribution in [0.3, 0.4) is 0 Å². The summed E-state index contributed by atoms with van der Waals surface area (Å²) in [4.78, 5) is 7.92. The van der Waals surface area contributed by atoms with Crippen molar-refractivity contribution in [2.75, 3.05) is 6.54 Å². The molecule has 0 aliphatic carbocycles. The molecule has 0 saturated carbocycles. The van der Waals surface area contributed by atoms with Gasteiger partial charge >= 0.3 is 0 Å². The molecule has 8 heteroatoms. The van der Waals surface area contributed by atoms with E-state index in [4.69, 9.17) is 15.5 Å². The molecule has 0 bridgehead atoms. The summed E-state index contributed by atoms with van der Waals surface area (Å²) >= 11 is 0. The monoisotopic (exact) mass is 262 g/mol. The summed E-state index contributed by atoms with van der Waals surface area (Å²) in [5.74, 6) is 0.590. The Balaban J connectivity index is 1.82. The number of hydrogen-bond acceptors (Lipinski definition) is 7. The molecule has 8 nitrogen and oxygen atoms in total. The number of hydrogen-bond donors (Lipinski definition) is 3. The molecule has 0 spiro atoms. The molecule has 0 unspecified atom stereocenters. The first-order valence-corrected chi connectivity index (χ1v) is 5.68. The maximum atomic E-state index is 8.58. The Morgan fingerprint density at radius 2 is 2.37 bits per heavy atom. The van der Waals surface area contributed by atoms with Gasteiger partial charge in [-0.2, -0.15) is 4.98 Å². The van der Waals surface area contributed by atoms with Gasteiger partial charge in [0, 0.05) is 25.7 Å². The third kappa shape index (κ3) is 3.75. The topological polar surface area (TPSA) is 122 Å². The second kappa shape index (κ2) is 6.45. The molecule has 0 aliphatic rings. The lowest BCUT2D eigenvalue weighted by atomic mass is 10.2. The highest BCUT2D eigenvalue weighted by molar-refractivity contribution is 5.95. The third-order valence-electron chi connectivity index (χ3n) is 2.45. The summed E-state index contributed by atoms with van der Waals surface area (Å²) in [5, 5.41) is 18.2. The molecule has 19 heavy (non-hydrogen) atoms. The SMILES string of the molecule is N/C(=N/O)c1cc(CNCCc2ncno2)ccn1. The highest BCUT2D eigenvalue weighted by atomic mass is 16.5. The van der Waals surface area contributed by atoms with Crippen molar-refractivity contribution in [1.29, 1.82) is 0 Å². The van der Waals surface area contributed by atoms with Gasteiger partial charge in [0.15, 0.2) is 12.2 Å². The second-order valence-electron chi connectivity index (χ2n) is 3.80. The van der Waals surface area contributed by atoms with Gasteiger partial charge in [0.2, 0.25) is 5.89 Å². The summed E-state index contributed by atoms with van der Waals surface area (Å²) in [6, 6.07) is 3.61. The fourth-order valence-electron chi connectivity index (χ4n) is 1.51. The average Bonchev–Trinajstić information content (AvgIpc) is 2.96. The molecule has 0 saturated heterocycles. The van der Waals surface area contributed by atoms with E-state index in [2.05, 4.69) is 25.6 Å². The van der Waals surface area contributed by atoms with Gasteiger partial charge in [-0.25, -0.2) is 0 Å². The molecule has 0 fully saturated rings. The van der Waals surface area contributed by atoms with Crippen LogP contribution in [0.25, 0.3) is 0 Å². The lowest BCUT2D eigenvalue weighted by Gasteiger charge is -2.04. The van der Waals surface area contributed by atoms with Crippen LogP contribution in [0.2, 0.25) is 0 Å². The maximum absolute atomic E-state index is 8.58. The first-order chi connectivity index (χ1) is 9.29. The molecule has 0 aromatic carbocycles. The zero-order chi connectivity index (χ0) is 13.5. The Morgan fingerprint density at radius 1 is 1.47 bits per heavy atom. The summed E-state index contributed by atoms with van der Waals surface area (Å²) in [7, 11) is 0. The Hall–Kier alpha value is -2.48. The van der Waals surface area contributed by atoms with Gasteiger partial charge < -0.3 is 20.8 Å². The highest BCUT2D eigenvalue weighted by Gasteiger charge is 2.03. The maximum Gasteiger partial charge on any atom is 0.227 e. The smallest absolute Gasteiger partial charge is 0.227 e. The fourth-order valence-corrected chi connectivity index (χ4v) is 1.51. The molecule has 2 aromatic rings. The van der Waals surface area contributed by atoms with E-state index in [1.165, 1.54) is 6.33 Å². The van der Waals surface area contributed by atoms with E-state index in [1.54, 1.807) is 12.3 Å². The van der Waals surface area contributed by atoms with Gasteiger partial charge in [-0.15, -0.1) is 0 Å². The molecule has 2 aromatic heterocycles. The molecule has 0 radical (unpaired) electrons. The average molecular weight is 262 g/mol. The Labute approximate surface area is 109 Å². The van der Waals surface area contributed by atoms with Gasteiger partial charge in [0.25, 0.3) is 0 Å². The standard InChI is InChI=1S/C11H14N6O2/c12-11(17-18)9-5-8(1-4-14-9)6-13-3-2-10-15-7-16-19-10/h1,4-5,7,13,18H,2-3,6H2,(H2,12,17). The van der Waals surface area contributed by atoms with Crippen molar-refractivity contribution in [3.8, 4) is 0 Å². The Bertz CT molecular complexity index is 540. The number of aromatic nitrogens is 3. The molecule has 2 rings (SSSR count). The molecule has 100 valence electrons. The van der Waals surface area contributed by atoms with Crippen molar-refractivity contribution in [1.82, 2.24) is 20.4 Å².